The normalized spacial score (nSPS) is 13.0. The van der Waals surface area contributed by atoms with Crippen LogP contribution in [0.25, 0.3) is 0 Å². The first-order valence-corrected chi connectivity index (χ1v) is 6.47. The third-order valence-electron chi connectivity index (χ3n) is 3.27. The third-order valence-corrected chi connectivity index (χ3v) is 3.27. The van der Waals surface area contributed by atoms with E-state index in [0.717, 1.165) is 12.1 Å². The number of nitrogens with one attached hydrogen (secondary N) is 1. The summed E-state index contributed by atoms with van der Waals surface area (Å²) in [6, 6.07) is 9.39. The van der Waals surface area contributed by atoms with Crippen molar-refractivity contribution in [3.8, 4) is 0 Å². The van der Waals surface area contributed by atoms with Crippen molar-refractivity contribution < 1.29 is 17.6 Å². The molecule has 0 bridgehead atoms. The molecule has 5 heteroatoms. The van der Waals surface area contributed by atoms with Crippen LogP contribution in [0.15, 0.2) is 42.5 Å². The van der Waals surface area contributed by atoms with Crippen molar-refractivity contribution in [3.05, 3.63) is 65.0 Å². The SMILES string of the molecule is Cc1ccc(NC(C)c2cccc(C(F)(F)F)c2)cc1F. The van der Waals surface area contributed by atoms with Gasteiger partial charge in [-0.25, -0.2) is 4.39 Å². The Morgan fingerprint density at radius 2 is 1.76 bits per heavy atom. The van der Waals surface area contributed by atoms with Crippen molar-refractivity contribution in [2.45, 2.75) is 26.1 Å². The lowest BCUT2D eigenvalue weighted by Crippen LogP contribution is -2.10. The number of rotatable bonds is 3. The molecule has 0 heterocycles. The molecule has 2 aromatic rings. The van der Waals surface area contributed by atoms with Crippen LogP contribution < -0.4 is 5.32 Å². The molecular formula is C16H15F4N. The summed E-state index contributed by atoms with van der Waals surface area (Å²) >= 11 is 0. The molecular weight excluding hydrogens is 282 g/mol. The molecule has 2 aromatic carbocycles. The van der Waals surface area contributed by atoms with Gasteiger partial charge in [0.1, 0.15) is 5.82 Å². The van der Waals surface area contributed by atoms with Gasteiger partial charge in [0.05, 0.1) is 5.56 Å². The van der Waals surface area contributed by atoms with Gasteiger partial charge in [-0.2, -0.15) is 13.2 Å². The van der Waals surface area contributed by atoms with E-state index in [9.17, 15) is 17.6 Å². The van der Waals surface area contributed by atoms with Crippen LogP contribution in [0.4, 0.5) is 23.2 Å². The Morgan fingerprint density at radius 3 is 2.38 bits per heavy atom. The lowest BCUT2D eigenvalue weighted by molar-refractivity contribution is -0.137. The molecule has 1 N–H and O–H groups in total. The van der Waals surface area contributed by atoms with Gasteiger partial charge in [0.15, 0.2) is 0 Å². The molecule has 112 valence electrons. The minimum absolute atomic E-state index is 0.351. The predicted octanol–water partition coefficient (Wildman–Crippen LogP) is 5.33. The molecule has 0 saturated carbocycles. The molecule has 0 radical (unpaired) electrons. The zero-order chi connectivity index (χ0) is 15.6. The summed E-state index contributed by atoms with van der Waals surface area (Å²) in [5.74, 6) is -0.351. The lowest BCUT2D eigenvalue weighted by Gasteiger charge is -2.17. The van der Waals surface area contributed by atoms with Gasteiger partial charge in [-0.15, -0.1) is 0 Å². The van der Waals surface area contributed by atoms with E-state index < -0.39 is 11.7 Å². The summed E-state index contributed by atoms with van der Waals surface area (Å²) in [7, 11) is 0. The van der Waals surface area contributed by atoms with Gasteiger partial charge in [-0.1, -0.05) is 18.2 Å². The van der Waals surface area contributed by atoms with E-state index in [0.29, 0.717) is 16.8 Å². The molecule has 0 saturated heterocycles. The summed E-state index contributed by atoms with van der Waals surface area (Å²) in [4.78, 5) is 0. The zero-order valence-electron chi connectivity index (χ0n) is 11.6. The van der Waals surface area contributed by atoms with Crippen LogP contribution in [0.5, 0.6) is 0 Å². The van der Waals surface area contributed by atoms with E-state index in [4.69, 9.17) is 0 Å². The van der Waals surface area contributed by atoms with E-state index in [1.807, 2.05) is 0 Å². The number of alkyl halides is 3. The summed E-state index contributed by atoms with van der Waals surface area (Å²) in [5.41, 5.74) is 0.852. The number of aryl methyl sites for hydroxylation is 1. The van der Waals surface area contributed by atoms with Gasteiger partial charge in [-0.3, -0.25) is 0 Å². The van der Waals surface area contributed by atoms with Crippen LogP contribution >= 0.6 is 0 Å². The average Bonchev–Trinajstić information content (AvgIpc) is 2.42. The van der Waals surface area contributed by atoms with Crippen molar-refractivity contribution in [2.75, 3.05) is 5.32 Å². The molecule has 0 spiro atoms. The second-order valence-corrected chi connectivity index (χ2v) is 4.95. The van der Waals surface area contributed by atoms with Crippen molar-refractivity contribution in [3.63, 3.8) is 0 Å². The molecule has 0 aliphatic carbocycles. The zero-order valence-corrected chi connectivity index (χ0v) is 11.6. The van der Waals surface area contributed by atoms with Gasteiger partial charge < -0.3 is 5.32 Å². The average molecular weight is 297 g/mol. The number of hydrogen-bond acceptors (Lipinski definition) is 1. The molecule has 0 amide bonds. The van der Waals surface area contributed by atoms with Gasteiger partial charge in [0, 0.05) is 11.7 Å². The van der Waals surface area contributed by atoms with Crippen LogP contribution in [-0.2, 0) is 6.18 Å². The Bertz CT molecular complexity index is 634. The van der Waals surface area contributed by atoms with Gasteiger partial charge in [0.25, 0.3) is 0 Å². The van der Waals surface area contributed by atoms with Crippen LogP contribution in [0.2, 0.25) is 0 Å². The Labute approximate surface area is 120 Å². The second-order valence-electron chi connectivity index (χ2n) is 4.95. The number of anilines is 1. The van der Waals surface area contributed by atoms with Gasteiger partial charge in [-0.05, 0) is 49.2 Å². The molecule has 0 fully saturated rings. The first-order chi connectivity index (χ1) is 9.77. The smallest absolute Gasteiger partial charge is 0.378 e. The quantitative estimate of drug-likeness (QED) is 0.755. The number of halogens is 4. The van der Waals surface area contributed by atoms with Crippen LogP contribution in [0.3, 0.4) is 0 Å². The van der Waals surface area contributed by atoms with Crippen molar-refractivity contribution in [1.82, 2.24) is 0 Å². The summed E-state index contributed by atoms with van der Waals surface area (Å²) < 4.78 is 51.5. The van der Waals surface area contributed by atoms with E-state index in [2.05, 4.69) is 5.32 Å². The second kappa shape index (κ2) is 5.76. The summed E-state index contributed by atoms with van der Waals surface area (Å²) in [6.45, 7) is 3.38. The topological polar surface area (TPSA) is 12.0 Å². The fourth-order valence-corrected chi connectivity index (χ4v) is 2.00. The third kappa shape index (κ3) is 3.74. The van der Waals surface area contributed by atoms with E-state index >= 15 is 0 Å². The molecule has 1 nitrogen and oxygen atoms in total. The maximum atomic E-state index is 13.5. The molecule has 1 unspecified atom stereocenters. The first kappa shape index (κ1) is 15.4. The van der Waals surface area contributed by atoms with Crippen LogP contribution in [-0.4, -0.2) is 0 Å². The highest BCUT2D eigenvalue weighted by Gasteiger charge is 2.30. The highest BCUT2D eigenvalue weighted by atomic mass is 19.4. The maximum absolute atomic E-state index is 13.5. The highest BCUT2D eigenvalue weighted by Crippen LogP contribution is 2.31. The monoisotopic (exact) mass is 297 g/mol. The van der Waals surface area contributed by atoms with Crippen molar-refractivity contribution in [2.24, 2.45) is 0 Å². The Hall–Kier alpha value is -2.04. The van der Waals surface area contributed by atoms with Crippen molar-refractivity contribution in [1.29, 1.82) is 0 Å². The van der Waals surface area contributed by atoms with Gasteiger partial charge >= 0.3 is 6.18 Å². The largest absolute Gasteiger partial charge is 0.416 e. The van der Waals surface area contributed by atoms with E-state index in [-0.39, 0.29) is 11.9 Å². The van der Waals surface area contributed by atoms with E-state index in [1.165, 1.54) is 12.1 Å². The van der Waals surface area contributed by atoms with Crippen LogP contribution in [0.1, 0.15) is 29.7 Å². The molecule has 21 heavy (non-hydrogen) atoms. The Balaban J connectivity index is 2.20. The number of hydrogen-bond donors (Lipinski definition) is 1. The lowest BCUT2D eigenvalue weighted by atomic mass is 10.0. The molecule has 0 aromatic heterocycles. The molecule has 1 atom stereocenters. The highest BCUT2D eigenvalue weighted by molar-refractivity contribution is 5.47. The Morgan fingerprint density at radius 1 is 1.05 bits per heavy atom. The molecule has 2 rings (SSSR count). The molecule has 0 aliphatic heterocycles. The summed E-state index contributed by atoms with van der Waals surface area (Å²) in [6.07, 6.45) is -4.37. The van der Waals surface area contributed by atoms with Crippen molar-refractivity contribution >= 4 is 5.69 Å². The fourth-order valence-electron chi connectivity index (χ4n) is 2.00. The van der Waals surface area contributed by atoms with E-state index in [1.54, 1.807) is 32.0 Å². The fraction of sp³-hybridized carbons (Fsp3) is 0.250. The van der Waals surface area contributed by atoms with Crippen LogP contribution in [0, 0.1) is 12.7 Å². The predicted molar refractivity (Wildman–Crippen MR) is 74.6 cm³/mol. The number of benzene rings is 2. The summed E-state index contributed by atoms with van der Waals surface area (Å²) in [5, 5.41) is 3.00. The maximum Gasteiger partial charge on any atom is 0.416 e. The molecule has 0 aliphatic rings. The van der Waals surface area contributed by atoms with Gasteiger partial charge in [0.2, 0.25) is 0 Å². The minimum Gasteiger partial charge on any atom is -0.378 e. The minimum atomic E-state index is -4.37. The Kier molecular flexibility index (Phi) is 4.21. The first-order valence-electron chi connectivity index (χ1n) is 6.47. The standard InChI is InChI=1S/C16H15F4N/c1-10-6-7-14(9-15(10)17)21-11(2)12-4-3-5-13(8-12)16(18,19)20/h3-9,11,21H,1-2H3.